The number of hydrogen-bond acceptors (Lipinski definition) is 2. The highest BCUT2D eigenvalue weighted by Crippen LogP contribution is 2.21. The fraction of sp³-hybridized carbons (Fsp3) is 0.278. The van der Waals surface area contributed by atoms with Crippen LogP contribution >= 0.6 is 11.6 Å². The third kappa shape index (κ3) is 4.01. The maximum Gasteiger partial charge on any atom is 0.265 e. The van der Waals surface area contributed by atoms with Gasteiger partial charge < -0.3 is 10.1 Å². The van der Waals surface area contributed by atoms with Crippen LogP contribution < -0.4 is 10.1 Å². The summed E-state index contributed by atoms with van der Waals surface area (Å²) in [6.07, 6.45) is 0.0156. The highest BCUT2D eigenvalue weighted by Gasteiger charge is 2.19. The lowest BCUT2D eigenvalue weighted by atomic mass is 10.1. The van der Waals surface area contributed by atoms with E-state index in [1.165, 1.54) is 0 Å². The molecule has 4 heteroatoms. The molecule has 2 aromatic rings. The third-order valence-electron chi connectivity index (χ3n) is 3.60. The second-order valence-electron chi connectivity index (χ2n) is 5.21. The molecule has 22 heavy (non-hydrogen) atoms. The van der Waals surface area contributed by atoms with Crippen molar-refractivity contribution in [2.75, 3.05) is 5.32 Å². The Hall–Kier alpha value is -2.00. The number of ether oxygens (including phenoxy) is 1. The van der Waals surface area contributed by atoms with E-state index in [2.05, 4.69) is 5.32 Å². The van der Waals surface area contributed by atoms with E-state index in [1.807, 2.05) is 39.0 Å². The van der Waals surface area contributed by atoms with Crippen LogP contribution in [0, 0.1) is 13.8 Å². The van der Waals surface area contributed by atoms with Gasteiger partial charge in [0.05, 0.1) is 0 Å². The number of aryl methyl sites for hydroxylation is 1. The van der Waals surface area contributed by atoms with E-state index in [9.17, 15) is 4.79 Å². The van der Waals surface area contributed by atoms with Gasteiger partial charge in [-0.05, 0) is 55.7 Å². The Morgan fingerprint density at radius 1 is 1.23 bits per heavy atom. The molecule has 1 amide bonds. The summed E-state index contributed by atoms with van der Waals surface area (Å²) in [5.74, 6) is 0.437. The van der Waals surface area contributed by atoms with Gasteiger partial charge >= 0.3 is 0 Å². The van der Waals surface area contributed by atoms with Gasteiger partial charge in [-0.15, -0.1) is 0 Å². The van der Waals surface area contributed by atoms with Crippen molar-refractivity contribution in [3.63, 3.8) is 0 Å². The third-order valence-corrected chi connectivity index (χ3v) is 3.84. The van der Waals surface area contributed by atoms with Crippen molar-refractivity contribution < 1.29 is 9.53 Å². The quantitative estimate of drug-likeness (QED) is 0.864. The number of carbonyl (C=O) groups is 1. The van der Waals surface area contributed by atoms with Crippen LogP contribution in [0.2, 0.25) is 5.02 Å². The van der Waals surface area contributed by atoms with Gasteiger partial charge in [0.25, 0.3) is 5.91 Å². The lowest BCUT2D eigenvalue weighted by molar-refractivity contribution is -0.122. The van der Waals surface area contributed by atoms with Crippen molar-refractivity contribution in [2.45, 2.75) is 33.3 Å². The summed E-state index contributed by atoms with van der Waals surface area (Å²) in [4.78, 5) is 12.4. The van der Waals surface area contributed by atoms with Crippen molar-refractivity contribution in [3.8, 4) is 5.75 Å². The molecule has 1 N–H and O–H groups in total. The second kappa shape index (κ2) is 7.32. The zero-order valence-corrected chi connectivity index (χ0v) is 13.8. The maximum absolute atomic E-state index is 12.4. The van der Waals surface area contributed by atoms with Crippen LogP contribution in [0.3, 0.4) is 0 Å². The minimum Gasteiger partial charge on any atom is -0.481 e. The summed E-state index contributed by atoms with van der Waals surface area (Å²) in [6.45, 7) is 5.92. The molecule has 116 valence electrons. The largest absolute Gasteiger partial charge is 0.481 e. The molecule has 0 aliphatic heterocycles. The van der Waals surface area contributed by atoms with Gasteiger partial charge in [-0.2, -0.15) is 0 Å². The molecule has 2 aromatic carbocycles. The summed E-state index contributed by atoms with van der Waals surface area (Å²) in [5.41, 5.74) is 3.02. The zero-order valence-electron chi connectivity index (χ0n) is 13.0. The monoisotopic (exact) mass is 317 g/mol. The van der Waals surface area contributed by atoms with E-state index in [1.54, 1.807) is 24.3 Å². The Labute approximate surface area is 136 Å². The average Bonchev–Trinajstić information content (AvgIpc) is 2.49. The molecule has 0 aromatic heterocycles. The summed E-state index contributed by atoms with van der Waals surface area (Å²) in [6, 6.07) is 12.9. The number of halogens is 1. The first kappa shape index (κ1) is 16.4. The summed E-state index contributed by atoms with van der Waals surface area (Å²) in [7, 11) is 0. The van der Waals surface area contributed by atoms with Gasteiger partial charge in [0.2, 0.25) is 0 Å². The van der Waals surface area contributed by atoms with E-state index in [4.69, 9.17) is 16.3 Å². The molecule has 0 aliphatic rings. The van der Waals surface area contributed by atoms with Gasteiger partial charge in [0, 0.05) is 10.7 Å². The number of benzene rings is 2. The van der Waals surface area contributed by atoms with E-state index < -0.39 is 6.10 Å². The second-order valence-corrected chi connectivity index (χ2v) is 5.65. The molecule has 3 nitrogen and oxygen atoms in total. The molecular formula is C18H20ClNO2. The van der Waals surface area contributed by atoms with Gasteiger partial charge in [-0.1, -0.05) is 36.7 Å². The van der Waals surface area contributed by atoms with Crippen LogP contribution in [0.15, 0.2) is 42.5 Å². The fourth-order valence-corrected chi connectivity index (χ4v) is 2.31. The Balaban J connectivity index is 2.10. The van der Waals surface area contributed by atoms with Crippen LogP contribution in [-0.4, -0.2) is 12.0 Å². The topological polar surface area (TPSA) is 38.3 Å². The molecule has 0 saturated carbocycles. The lowest BCUT2D eigenvalue weighted by Gasteiger charge is -2.18. The highest BCUT2D eigenvalue weighted by atomic mass is 35.5. The first-order valence-electron chi connectivity index (χ1n) is 7.30. The Kier molecular flexibility index (Phi) is 5.45. The maximum atomic E-state index is 12.4. The number of hydrogen-bond donors (Lipinski definition) is 1. The van der Waals surface area contributed by atoms with Crippen LogP contribution in [0.5, 0.6) is 5.75 Å². The van der Waals surface area contributed by atoms with Crippen molar-refractivity contribution in [1.29, 1.82) is 0 Å². The SMILES string of the molecule is CC[C@@H](Oc1cccc(Cl)c1)C(=O)Nc1cccc(C)c1C. The van der Waals surface area contributed by atoms with E-state index in [0.29, 0.717) is 17.2 Å². The molecular weight excluding hydrogens is 298 g/mol. The Morgan fingerprint density at radius 2 is 1.95 bits per heavy atom. The number of nitrogens with one attached hydrogen (secondary N) is 1. The molecule has 2 rings (SSSR count). The molecule has 0 radical (unpaired) electrons. The smallest absolute Gasteiger partial charge is 0.265 e. The van der Waals surface area contributed by atoms with Gasteiger partial charge in [-0.25, -0.2) is 0 Å². The highest BCUT2D eigenvalue weighted by molar-refractivity contribution is 6.30. The van der Waals surface area contributed by atoms with Crippen LogP contribution in [-0.2, 0) is 4.79 Å². The lowest BCUT2D eigenvalue weighted by Crippen LogP contribution is -2.32. The van der Waals surface area contributed by atoms with Crippen molar-refractivity contribution in [2.24, 2.45) is 0 Å². The minimum absolute atomic E-state index is 0.156. The normalized spacial score (nSPS) is 11.8. The van der Waals surface area contributed by atoms with Crippen LogP contribution in [0.25, 0.3) is 0 Å². The number of carbonyl (C=O) groups excluding carboxylic acids is 1. The molecule has 0 fully saturated rings. The van der Waals surface area contributed by atoms with Gasteiger partial charge in [0.1, 0.15) is 5.75 Å². The fourth-order valence-electron chi connectivity index (χ4n) is 2.13. The van der Waals surface area contributed by atoms with Crippen LogP contribution in [0.4, 0.5) is 5.69 Å². The molecule has 0 unspecified atom stereocenters. The first-order chi connectivity index (χ1) is 10.5. The number of anilines is 1. The number of amides is 1. The molecule has 0 saturated heterocycles. The van der Waals surface area contributed by atoms with Crippen molar-refractivity contribution >= 4 is 23.2 Å². The summed E-state index contributed by atoms with van der Waals surface area (Å²) >= 11 is 5.94. The summed E-state index contributed by atoms with van der Waals surface area (Å²) in [5, 5.41) is 3.53. The zero-order chi connectivity index (χ0) is 16.1. The van der Waals surface area contributed by atoms with Crippen molar-refractivity contribution in [3.05, 3.63) is 58.6 Å². The van der Waals surface area contributed by atoms with Gasteiger partial charge in [-0.3, -0.25) is 4.79 Å². The summed E-state index contributed by atoms with van der Waals surface area (Å²) < 4.78 is 5.75. The molecule has 0 heterocycles. The molecule has 0 aliphatic carbocycles. The minimum atomic E-state index is -0.557. The van der Waals surface area contributed by atoms with E-state index >= 15 is 0 Å². The standard InChI is InChI=1S/C18H20ClNO2/c1-4-17(22-15-9-6-8-14(19)11-15)18(21)20-16-10-5-7-12(2)13(16)3/h5-11,17H,4H2,1-3H3,(H,20,21)/t17-/m1/s1. The molecule has 1 atom stereocenters. The van der Waals surface area contributed by atoms with Crippen LogP contribution in [0.1, 0.15) is 24.5 Å². The Bertz CT molecular complexity index is 670. The Morgan fingerprint density at radius 3 is 2.64 bits per heavy atom. The van der Waals surface area contributed by atoms with E-state index in [0.717, 1.165) is 16.8 Å². The number of rotatable bonds is 5. The first-order valence-corrected chi connectivity index (χ1v) is 7.68. The predicted octanol–water partition coefficient (Wildman–Crippen LogP) is 4.75. The predicted molar refractivity (Wildman–Crippen MR) is 90.7 cm³/mol. The van der Waals surface area contributed by atoms with E-state index in [-0.39, 0.29) is 5.91 Å². The van der Waals surface area contributed by atoms with Crippen molar-refractivity contribution in [1.82, 2.24) is 0 Å². The molecule has 0 spiro atoms. The van der Waals surface area contributed by atoms with Gasteiger partial charge in [0.15, 0.2) is 6.10 Å². The molecule has 0 bridgehead atoms. The average molecular weight is 318 g/mol.